The van der Waals surface area contributed by atoms with Gasteiger partial charge in [-0.3, -0.25) is 0 Å². The van der Waals surface area contributed by atoms with E-state index in [-0.39, 0.29) is 19.8 Å². The fourth-order valence-corrected chi connectivity index (χ4v) is 8.05. The Bertz CT molecular complexity index is 1270. The van der Waals surface area contributed by atoms with E-state index in [9.17, 15) is 21.2 Å². The van der Waals surface area contributed by atoms with Crippen LogP contribution in [-0.4, -0.2) is 58.8 Å². The number of benzene rings is 2. The Morgan fingerprint density at radius 3 is 2.16 bits per heavy atom. The van der Waals surface area contributed by atoms with Gasteiger partial charge in [0.2, 0.25) is 9.84 Å². The minimum absolute atomic E-state index is 0.00907. The lowest BCUT2D eigenvalue weighted by Gasteiger charge is -2.33. The zero-order valence-corrected chi connectivity index (χ0v) is 19.7. The predicted molar refractivity (Wildman–Crippen MR) is 122 cm³/mol. The lowest BCUT2D eigenvalue weighted by atomic mass is 10.1. The summed E-state index contributed by atoms with van der Waals surface area (Å²) in [6, 6.07) is 15.6. The Balaban J connectivity index is 1.39. The summed E-state index contributed by atoms with van der Waals surface area (Å²) in [6.07, 6.45) is 0.763. The Morgan fingerprint density at radius 2 is 1.50 bits per heavy atom. The molecule has 0 unspecified atom stereocenters. The second-order valence-corrected chi connectivity index (χ2v) is 12.6. The van der Waals surface area contributed by atoms with Crippen molar-refractivity contribution >= 4 is 31.2 Å². The average Bonchev–Trinajstić information content (AvgIpc) is 3.32. The van der Waals surface area contributed by atoms with Gasteiger partial charge in [0.25, 0.3) is 10.0 Å². The molecule has 1 fully saturated rings. The number of sulfone groups is 1. The lowest BCUT2D eigenvalue weighted by molar-refractivity contribution is 0.190. The van der Waals surface area contributed by atoms with Crippen molar-refractivity contribution in [3.05, 3.63) is 77.4 Å². The lowest BCUT2D eigenvalue weighted by Crippen LogP contribution is -2.48. The number of hydrogen-bond donors (Lipinski definition) is 0. The molecule has 2 heterocycles. The molecule has 0 atom stereocenters. The third kappa shape index (κ3) is 4.94. The molecule has 3 aromatic rings. The molecule has 170 valence electrons. The fraction of sp³-hybridized carbons (Fsp3) is 0.273. The molecule has 0 spiro atoms. The first-order valence-corrected chi connectivity index (χ1v) is 13.9. The fourth-order valence-electron chi connectivity index (χ4n) is 3.57. The maximum atomic E-state index is 13.1. The Morgan fingerprint density at radius 1 is 0.844 bits per heavy atom. The van der Waals surface area contributed by atoms with Crippen molar-refractivity contribution < 1.29 is 21.2 Å². The van der Waals surface area contributed by atoms with E-state index >= 15 is 0 Å². The van der Waals surface area contributed by atoms with Gasteiger partial charge in [0.15, 0.2) is 0 Å². The van der Waals surface area contributed by atoms with Crippen LogP contribution in [0, 0.1) is 5.82 Å². The minimum atomic E-state index is -3.76. The number of rotatable bonds is 7. The summed E-state index contributed by atoms with van der Waals surface area (Å²) in [5.74, 6) is -0.263. The highest BCUT2D eigenvalue weighted by Crippen LogP contribution is 2.30. The van der Waals surface area contributed by atoms with Gasteiger partial charge in [0.1, 0.15) is 10.0 Å². The number of nitrogens with zero attached hydrogens (tertiary/aromatic N) is 2. The van der Waals surface area contributed by atoms with E-state index in [1.165, 1.54) is 40.0 Å². The van der Waals surface area contributed by atoms with Crippen LogP contribution in [0.25, 0.3) is 0 Å². The number of halogens is 1. The van der Waals surface area contributed by atoms with Crippen molar-refractivity contribution in [1.29, 1.82) is 0 Å². The number of hydrogen-bond acceptors (Lipinski definition) is 6. The molecule has 2 aromatic carbocycles. The van der Waals surface area contributed by atoms with Crippen LogP contribution in [0.2, 0.25) is 0 Å². The van der Waals surface area contributed by atoms with Crippen molar-refractivity contribution in [2.75, 3.05) is 32.7 Å². The van der Waals surface area contributed by atoms with E-state index in [2.05, 4.69) is 4.90 Å². The highest BCUT2D eigenvalue weighted by molar-refractivity contribution is 7.92. The second-order valence-electron chi connectivity index (χ2n) is 7.54. The van der Waals surface area contributed by atoms with Crippen molar-refractivity contribution in [3.63, 3.8) is 0 Å². The second kappa shape index (κ2) is 9.40. The van der Waals surface area contributed by atoms with Gasteiger partial charge < -0.3 is 4.90 Å². The standard InChI is InChI=1S/C22H23FN2O4S3/c23-19-8-6-18(7-9-19)10-11-24-12-14-25(15-13-24)32(28,29)22-16-21(17-30-22)31(26,27)20-4-2-1-3-5-20/h1-9,16-17H,10-15H2. The number of thiophene rings is 1. The molecule has 0 saturated carbocycles. The molecule has 0 N–H and O–H groups in total. The predicted octanol–water partition coefficient (Wildman–Crippen LogP) is 3.27. The van der Waals surface area contributed by atoms with Crippen molar-refractivity contribution in [1.82, 2.24) is 9.21 Å². The average molecular weight is 495 g/mol. The Hall–Kier alpha value is -2.11. The van der Waals surface area contributed by atoms with E-state index in [1.54, 1.807) is 30.3 Å². The Labute approximate surface area is 191 Å². The summed E-state index contributed by atoms with van der Waals surface area (Å²) >= 11 is 0.928. The molecule has 32 heavy (non-hydrogen) atoms. The van der Waals surface area contributed by atoms with Crippen LogP contribution in [0.5, 0.6) is 0 Å². The van der Waals surface area contributed by atoms with Gasteiger partial charge in [-0.15, -0.1) is 11.3 Å². The summed E-state index contributed by atoms with van der Waals surface area (Å²) in [5, 5.41) is 1.38. The summed E-state index contributed by atoms with van der Waals surface area (Å²) in [6.45, 7) is 2.61. The molecular weight excluding hydrogens is 471 g/mol. The normalized spacial score (nSPS) is 16.3. The van der Waals surface area contributed by atoms with Crippen LogP contribution in [0.3, 0.4) is 0 Å². The zero-order chi connectivity index (χ0) is 22.8. The number of sulfonamides is 1. The van der Waals surface area contributed by atoms with Gasteiger partial charge in [-0.2, -0.15) is 4.31 Å². The van der Waals surface area contributed by atoms with Crippen molar-refractivity contribution in [2.24, 2.45) is 0 Å². The van der Waals surface area contributed by atoms with Crippen LogP contribution < -0.4 is 0 Å². The van der Waals surface area contributed by atoms with Crippen LogP contribution >= 0.6 is 11.3 Å². The number of piperazine rings is 1. The van der Waals surface area contributed by atoms with Gasteiger partial charge in [-0.1, -0.05) is 30.3 Å². The topological polar surface area (TPSA) is 74.8 Å². The molecule has 10 heteroatoms. The van der Waals surface area contributed by atoms with Crippen LogP contribution in [-0.2, 0) is 26.3 Å². The first kappa shape index (κ1) is 23.1. The van der Waals surface area contributed by atoms with Crippen molar-refractivity contribution in [3.8, 4) is 0 Å². The highest BCUT2D eigenvalue weighted by Gasteiger charge is 2.31. The molecule has 1 aromatic heterocycles. The smallest absolute Gasteiger partial charge is 0.252 e. The third-order valence-electron chi connectivity index (χ3n) is 5.47. The van der Waals surface area contributed by atoms with Crippen molar-refractivity contribution in [2.45, 2.75) is 20.4 Å². The molecule has 0 bridgehead atoms. The van der Waals surface area contributed by atoms with E-state index in [0.29, 0.717) is 26.2 Å². The van der Waals surface area contributed by atoms with E-state index in [1.807, 2.05) is 0 Å². The molecule has 4 rings (SSSR count). The molecule has 0 radical (unpaired) electrons. The Kier molecular flexibility index (Phi) is 6.78. The quantitative estimate of drug-likeness (QED) is 0.504. The molecule has 1 aliphatic heterocycles. The molecule has 0 amide bonds. The maximum absolute atomic E-state index is 13.1. The zero-order valence-electron chi connectivity index (χ0n) is 17.2. The minimum Gasteiger partial charge on any atom is -0.300 e. The third-order valence-corrected chi connectivity index (χ3v) is 10.7. The largest absolute Gasteiger partial charge is 0.300 e. The molecule has 0 aliphatic carbocycles. The molecule has 1 aliphatic rings. The van der Waals surface area contributed by atoms with E-state index in [4.69, 9.17) is 0 Å². The van der Waals surface area contributed by atoms with Crippen LogP contribution in [0.4, 0.5) is 4.39 Å². The van der Waals surface area contributed by atoms with Gasteiger partial charge >= 0.3 is 0 Å². The van der Waals surface area contributed by atoms with E-state index in [0.717, 1.165) is 29.9 Å². The monoisotopic (exact) mass is 494 g/mol. The first-order valence-electron chi connectivity index (χ1n) is 10.1. The summed E-state index contributed by atoms with van der Waals surface area (Å²) in [5.41, 5.74) is 1.03. The highest BCUT2D eigenvalue weighted by atomic mass is 32.2. The molecule has 1 saturated heterocycles. The van der Waals surface area contributed by atoms with E-state index < -0.39 is 19.9 Å². The summed E-state index contributed by atoms with van der Waals surface area (Å²) in [4.78, 5) is 2.30. The van der Waals surface area contributed by atoms with Gasteiger partial charge in [0, 0.05) is 38.1 Å². The maximum Gasteiger partial charge on any atom is 0.252 e. The van der Waals surface area contributed by atoms with Crippen LogP contribution in [0.1, 0.15) is 5.56 Å². The van der Waals surface area contributed by atoms with Gasteiger partial charge in [-0.25, -0.2) is 21.2 Å². The van der Waals surface area contributed by atoms with Gasteiger partial charge in [-0.05, 0) is 42.3 Å². The molecular formula is C22H23FN2O4S3. The van der Waals surface area contributed by atoms with Crippen LogP contribution in [0.15, 0.2) is 80.0 Å². The molecule has 6 nitrogen and oxygen atoms in total. The SMILES string of the molecule is O=S(=O)(c1ccccc1)c1csc(S(=O)(=O)N2CCN(CCc3ccc(F)cc3)CC2)c1. The first-order chi connectivity index (χ1) is 15.3. The van der Waals surface area contributed by atoms with Gasteiger partial charge in [0.05, 0.1) is 9.79 Å². The summed E-state index contributed by atoms with van der Waals surface area (Å²) < 4.78 is 66.1. The summed E-state index contributed by atoms with van der Waals surface area (Å²) in [7, 11) is -7.52.